The highest BCUT2D eigenvalue weighted by molar-refractivity contribution is 7.80. The Balaban J connectivity index is 1.98. The van der Waals surface area contributed by atoms with Gasteiger partial charge in [0.2, 0.25) is 0 Å². The Kier molecular flexibility index (Phi) is 4.32. The third-order valence-corrected chi connectivity index (χ3v) is 3.84. The summed E-state index contributed by atoms with van der Waals surface area (Å²) in [5, 5.41) is 9.59. The van der Waals surface area contributed by atoms with Gasteiger partial charge < -0.3 is 10.8 Å². The van der Waals surface area contributed by atoms with Crippen LogP contribution in [0.3, 0.4) is 0 Å². The Labute approximate surface area is 114 Å². The van der Waals surface area contributed by atoms with E-state index in [2.05, 4.69) is 17.0 Å². The van der Waals surface area contributed by atoms with E-state index in [-0.39, 0.29) is 6.10 Å². The van der Waals surface area contributed by atoms with Crippen LogP contribution in [0.1, 0.15) is 24.5 Å². The molecule has 4 heteroatoms. The van der Waals surface area contributed by atoms with Crippen molar-refractivity contribution < 1.29 is 5.11 Å². The summed E-state index contributed by atoms with van der Waals surface area (Å²) in [5.41, 5.74) is 7.79. The Morgan fingerprint density at radius 1 is 1.61 bits per heavy atom. The molecule has 1 aromatic rings. The summed E-state index contributed by atoms with van der Waals surface area (Å²) < 4.78 is 0. The maximum atomic E-state index is 9.59. The number of nitrogens with zero attached hydrogens (tertiary/aromatic N) is 1. The van der Waals surface area contributed by atoms with Gasteiger partial charge in [0.15, 0.2) is 0 Å². The molecule has 1 fully saturated rings. The van der Waals surface area contributed by atoms with Crippen LogP contribution in [0.15, 0.2) is 24.3 Å². The van der Waals surface area contributed by atoms with Crippen molar-refractivity contribution in [3.05, 3.63) is 35.4 Å². The zero-order chi connectivity index (χ0) is 13.1. The van der Waals surface area contributed by atoms with Gasteiger partial charge in [-0.1, -0.05) is 30.4 Å². The molecule has 0 amide bonds. The standard InChI is InChI=1S/C14H20N2OS/c1-10(17)13-5-6-16(9-13)8-11-3-2-4-12(7-11)14(15)18/h2-4,7,10,13,17H,5-6,8-9H2,1H3,(H2,15,18). The summed E-state index contributed by atoms with van der Waals surface area (Å²) in [6.45, 7) is 4.79. The monoisotopic (exact) mass is 264 g/mol. The van der Waals surface area contributed by atoms with Crippen molar-refractivity contribution in [1.82, 2.24) is 4.90 Å². The number of hydrogen-bond donors (Lipinski definition) is 2. The molecule has 18 heavy (non-hydrogen) atoms. The number of aliphatic hydroxyl groups is 1. The lowest BCUT2D eigenvalue weighted by atomic mass is 10.0. The minimum absolute atomic E-state index is 0.210. The van der Waals surface area contributed by atoms with Crippen molar-refractivity contribution >= 4 is 17.2 Å². The number of aliphatic hydroxyl groups excluding tert-OH is 1. The molecule has 0 spiro atoms. The lowest BCUT2D eigenvalue weighted by Gasteiger charge is -2.17. The Bertz CT molecular complexity index is 434. The Morgan fingerprint density at radius 2 is 2.39 bits per heavy atom. The van der Waals surface area contributed by atoms with Crippen LogP contribution in [0.2, 0.25) is 0 Å². The van der Waals surface area contributed by atoms with Crippen LogP contribution in [0, 0.1) is 5.92 Å². The summed E-state index contributed by atoms with van der Waals surface area (Å²) >= 11 is 4.99. The summed E-state index contributed by atoms with van der Waals surface area (Å²) in [6.07, 6.45) is 0.866. The summed E-state index contributed by atoms with van der Waals surface area (Å²) in [5.74, 6) is 0.406. The van der Waals surface area contributed by atoms with Crippen LogP contribution in [0.4, 0.5) is 0 Å². The minimum atomic E-state index is -0.210. The molecular weight excluding hydrogens is 244 g/mol. The smallest absolute Gasteiger partial charge is 0.103 e. The SMILES string of the molecule is CC(O)C1CCN(Cc2cccc(C(N)=S)c2)C1. The van der Waals surface area contributed by atoms with E-state index in [9.17, 15) is 5.11 Å². The molecule has 2 unspecified atom stereocenters. The lowest BCUT2D eigenvalue weighted by molar-refractivity contribution is 0.127. The fraction of sp³-hybridized carbons (Fsp3) is 0.500. The second-order valence-corrected chi connectivity index (χ2v) is 5.53. The third kappa shape index (κ3) is 3.28. The van der Waals surface area contributed by atoms with Crippen LogP contribution in [0.25, 0.3) is 0 Å². The van der Waals surface area contributed by atoms with Gasteiger partial charge in [-0.25, -0.2) is 0 Å². The Morgan fingerprint density at radius 3 is 3.00 bits per heavy atom. The lowest BCUT2D eigenvalue weighted by Crippen LogP contribution is -2.24. The topological polar surface area (TPSA) is 49.5 Å². The molecule has 1 aliphatic heterocycles. The van der Waals surface area contributed by atoms with Gasteiger partial charge in [-0.05, 0) is 37.4 Å². The number of benzene rings is 1. The van der Waals surface area contributed by atoms with Crippen molar-refractivity contribution in [3.8, 4) is 0 Å². The molecular formula is C14H20N2OS. The second kappa shape index (κ2) is 5.78. The first-order chi connectivity index (χ1) is 8.56. The molecule has 2 atom stereocenters. The molecule has 1 heterocycles. The van der Waals surface area contributed by atoms with Gasteiger partial charge in [-0.2, -0.15) is 0 Å². The van der Waals surface area contributed by atoms with Crippen molar-refractivity contribution in [2.75, 3.05) is 13.1 Å². The zero-order valence-corrected chi connectivity index (χ0v) is 11.5. The van der Waals surface area contributed by atoms with Crippen molar-refractivity contribution in [2.45, 2.75) is 26.0 Å². The largest absolute Gasteiger partial charge is 0.393 e. The molecule has 2 rings (SSSR count). The van der Waals surface area contributed by atoms with Gasteiger partial charge in [0.05, 0.1) is 6.10 Å². The van der Waals surface area contributed by atoms with E-state index in [1.165, 1.54) is 5.56 Å². The number of likely N-dealkylation sites (tertiary alicyclic amines) is 1. The molecule has 0 bridgehead atoms. The van der Waals surface area contributed by atoms with E-state index < -0.39 is 0 Å². The van der Waals surface area contributed by atoms with Crippen molar-refractivity contribution in [2.24, 2.45) is 11.7 Å². The molecule has 3 nitrogen and oxygen atoms in total. The first-order valence-electron chi connectivity index (χ1n) is 6.35. The predicted molar refractivity (Wildman–Crippen MR) is 77.4 cm³/mol. The van der Waals surface area contributed by atoms with Gasteiger partial charge >= 0.3 is 0 Å². The van der Waals surface area contributed by atoms with Crippen LogP contribution in [-0.4, -0.2) is 34.2 Å². The summed E-state index contributed by atoms with van der Waals surface area (Å²) in [4.78, 5) is 2.82. The van der Waals surface area contributed by atoms with E-state index in [1.807, 2.05) is 19.1 Å². The summed E-state index contributed by atoms with van der Waals surface area (Å²) in [6, 6.07) is 8.08. The molecule has 0 radical (unpaired) electrons. The first kappa shape index (κ1) is 13.5. The first-order valence-corrected chi connectivity index (χ1v) is 6.76. The fourth-order valence-corrected chi connectivity index (χ4v) is 2.61. The van der Waals surface area contributed by atoms with E-state index in [0.29, 0.717) is 10.9 Å². The Hall–Kier alpha value is -0.970. The number of nitrogens with two attached hydrogens (primary N) is 1. The molecule has 1 aromatic carbocycles. The molecule has 1 saturated heterocycles. The third-order valence-electron chi connectivity index (χ3n) is 3.61. The second-order valence-electron chi connectivity index (χ2n) is 5.09. The number of thiocarbonyl (C=S) groups is 1. The molecule has 98 valence electrons. The van der Waals surface area contributed by atoms with Crippen molar-refractivity contribution in [1.29, 1.82) is 0 Å². The highest BCUT2D eigenvalue weighted by atomic mass is 32.1. The number of rotatable bonds is 4. The van der Waals surface area contributed by atoms with Crippen LogP contribution in [0.5, 0.6) is 0 Å². The summed E-state index contributed by atoms with van der Waals surface area (Å²) in [7, 11) is 0. The van der Waals surface area contributed by atoms with Crippen molar-refractivity contribution in [3.63, 3.8) is 0 Å². The average Bonchev–Trinajstić information content (AvgIpc) is 2.78. The number of hydrogen-bond acceptors (Lipinski definition) is 3. The minimum Gasteiger partial charge on any atom is -0.393 e. The maximum Gasteiger partial charge on any atom is 0.103 e. The highest BCUT2D eigenvalue weighted by Crippen LogP contribution is 2.21. The molecule has 0 aliphatic carbocycles. The van der Waals surface area contributed by atoms with E-state index in [1.54, 1.807) is 0 Å². The van der Waals surface area contributed by atoms with E-state index >= 15 is 0 Å². The maximum absolute atomic E-state index is 9.59. The van der Waals surface area contributed by atoms with Gasteiger partial charge in [0.1, 0.15) is 4.99 Å². The van der Waals surface area contributed by atoms with Gasteiger partial charge in [0.25, 0.3) is 0 Å². The normalized spacial score (nSPS) is 22.0. The van der Waals surface area contributed by atoms with Crippen LogP contribution >= 0.6 is 12.2 Å². The molecule has 3 N–H and O–H groups in total. The molecule has 1 aliphatic rings. The zero-order valence-electron chi connectivity index (χ0n) is 10.7. The van der Waals surface area contributed by atoms with Gasteiger partial charge in [0, 0.05) is 18.7 Å². The van der Waals surface area contributed by atoms with Gasteiger partial charge in [-0.15, -0.1) is 0 Å². The van der Waals surface area contributed by atoms with Gasteiger partial charge in [-0.3, -0.25) is 4.90 Å². The van der Waals surface area contributed by atoms with E-state index in [4.69, 9.17) is 18.0 Å². The van der Waals surface area contributed by atoms with Crippen LogP contribution in [-0.2, 0) is 6.54 Å². The van der Waals surface area contributed by atoms with Crippen LogP contribution < -0.4 is 5.73 Å². The fourth-order valence-electron chi connectivity index (χ4n) is 2.48. The predicted octanol–water partition coefficient (Wildman–Crippen LogP) is 1.52. The quantitative estimate of drug-likeness (QED) is 0.810. The molecule has 0 aromatic heterocycles. The molecule has 0 saturated carbocycles. The van der Waals surface area contributed by atoms with E-state index in [0.717, 1.165) is 31.6 Å². The average molecular weight is 264 g/mol. The highest BCUT2D eigenvalue weighted by Gasteiger charge is 2.25.